The number of carboxylic acids is 1. The number of nitrogens with one attached hydrogen (secondary N) is 1. The fourth-order valence-electron chi connectivity index (χ4n) is 5.10. The molecule has 4 aromatic rings. The molecule has 0 saturated heterocycles. The van der Waals surface area contributed by atoms with E-state index >= 15 is 0 Å². The molecule has 0 spiro atoms. The SMILES string of the molecule is CC(C)(CC#N)c1c(C2CC(O)(C(=O)O)C2)c2cc3[nH]ncc3cc2n1-c1ccc(F)cc1. The van der Waals surface area contributed by atoms with Crippen molar-refractivity contribution < 1.29 is 19.4 Å². The average molecular weight is 446 g/mol. The summed E-state index contributed by atoms with van der Waals surface area (Å²) >= 11 is 0. The molecule has 5 rings (SSSR count). The van der Waals surface area contributed by atoms with Crippen LogP contribution in [0.5, 0.6) is 0 Å². The second kappa shape index (κ2) is 7.15. The van der Waals surface area contributed by atoms with Gasteiger partial charge in [0.05, 0.1) is 23.3 Å². The van der Waals surface area contributed by atoms with Crippen molar-refractivity contribution in [2.75, 3.05) is 0 Å². The molecule has 1 aliphatic carbocycles. The standard InChI is InChI=1S/C25H23FN4O3/c1-24(2,7-8-27)22-21(15-11-25(33,12-15)23(31)32)18-10-19-14(13-28-29-19)9-20(18)30(22)17-5-3-16(26)4-6-17/h3-6,9-10,13,15,33H,7,11-12H2,1-2H3,(H,28,29)(H,31,32). The monoisotopic (exact) mass is 446 g/mol. The van der Waals surface area contributed by atoms with Gasteiger partial charge in [0.1, 0.15) is 5.82 Å². The molecule has 2 aromatic carbocycles. The molecular weight excluding hydrogens is 423 g/mol. The van der Waals surface area contributed by atoms with Crippen molar-refractivity contribution in [2.45, 2.75) is 50.0 Å². The molecule has 0 aliphatic heterocycles. The Bertz CT molecular complexity index is 1440. The molecule has 33 heavy (non-hydrogen) atoms. The van der Waals surface area contributed by atoms with E-state index in [1.807, 2.05) is 30.5 Å². The molecule has 2 heterocycles. The molecule has 0 amide bonds. The van der Waals surface area contributed by atoms with Crippen LogP contribution < -0.4 is 0 Å². The van der Waals surface area contributed by atoms with Gasteiger partial charge in [-0.05, 0) is 60.7 Å². The molecule has 1 aliphatic rings. The van der Waals surface area contributed by atoms with E-state index < -0.39 is 17.0 Å². The Kier molecular flexibility index (Phi) is 4.59. The number of hydrogen-bond acceptors (Lipinski definition) is 4. The number of halogens is 1. The first-order chi connectivity index (χ1) is 15.6. The Hall–Kier alpha value is -3.70. The zero-order valence-corrected chi connectivity index (χ0v) is 18.3. The molecule has 0 bridgehead atoms. The zero-order valence-electron chi connectivity index (χ0n) is 18.3. The van der Waals surface area contributed by atoms with Crippen LogP contribution in [0.1, 0.15) is 50.3 Å². The fraction of sp³-hybridized carbons (Fsp3) is 0.320. The van der Waals surface area contributed by atoms with Crippen LogP contribution in [0.25, 0.3) is 27.5 Å². The average Bonchev–Trinajstić information content (AvgIpc) is 3.32. The number of aliphatic hydroxyl groups is 1. The van der Waals surface area contributed by atoms with Crippen LogP contribution in [0.2, 0.25) is 0 Å². The first kappa shape index (κ1) is 21.2. The molecule has 0 unspecified atom stereocenters. The Labute approximate surface area is 189 Å². The van der Waals surface area contributed by atoms with Gasteiger partial charge in [-0.2, -0.15) is 10.4 Å². The van der Waals surface area contributed by atoms with Crippen LogP contribution in [0, 0.1) is 17.1 Å². The van der Waals surface area contributed by atoms with E-state index in [2.05, 4.69) is 16.3 Å². The van der Waals surface area contributed by atoms with Gasteiger partial charge in [-0.3, -0.25) is 5.10 Å². The highest BCUT2D eigenvalue weighted by Crippen LogP contribution is 2.52. The number of rotatable bonds is 5. The number of nitriles is 1. The molecule has 2 aromatic heterocycles. The number of nitrogens with zero attached hydrogens (tertiary/aromatic N) is 3. The maximum atomic E-state index is 13.7. The summed E-state index contributed by atoms with van der Waals surface area (Å²) in [5.41, 5.74) is 1.85. The van der Waals surface area contributed by atoms with E-state index in [9.17, 15) is 24.7 Å². The molecule has 3 N–H and O–H groups in total. The number of H-pyrrole nitrogens is 1. The Morgan fingerprint density at radius 2 is 2.03 bits per heavy atom. The van der Waals surface area contributed by atoms with Gasteiger partial charge in [0.15, 0.2) is 5.60 Å². The van der Waals surface area contributed by atoms with Gasteiger partial charge < -0.3 is 14.8 Å². The van der Waals surface area contributed by atoms with E-state index in [0.717, 1.165) is 38.8 Å². The third-order valence-electron chi connectivity index (χ3n) is 6.79. The van der Waals surface area contributed by atoms with E-state index in [0.29, 0.717) is 0 Å². The third kappa shape index (κ3) is 3.19. The molecule has 8 heteroatoms. The second-order valence-corrected chi connectivity index (χ2v) is 9.56. The van der Waals surface area contributed by atoms with Gasteiger partial charge in [-0.25, -0.2) is 9.18 Å². The largest absolute Gasteiger partial charge is 0.479 e. The molecule has 0 radical (unpaired) electrons. The molecule has 7 nitrogen and oxygen atoms in total. The summed E-state index contributed by atoms with van der Waals surface area (Å²) in [6.45, 7) is 3.95. The Morgan fingerprint density at radius 1 is 1.33 bits per heavy atom. The van der Waals surface area contributed by atoms with Gasteiger partial charge in [0, 0.05) is 34.0 Å². The summed E-state index contributed by atoms with van der Waals surface area (Å²) in [7, 11) is 0. The molecule has 168 valence electrons. The topological polar surface area (TPSA) is 115 Å². The van der Waals surface area contributed by atoms with Crippen molar-refractivity contribution in [2.24, 2.45) is 0 Å². The number of benzene rings is 2. The van der Waals surface area contributed by atoms with Gasteiger partial charge in [-0.1, -0.05) is 13.8 Å². The third-order valence-corrected chi connectivity index (χ3v) is 6.79. The van der Waals surface area contributed by atoms with Gasteiger partial charge in [0.25, 0.3) is 0 Å². The number of aromatic amines is 1. The minimum atomic E-state index is -1.76. The van der Waals surface area contributed by atoms with Gasteiger partial charge >= 0.3 is 5.97 Å². The number of aliphatic carboxylic acids is 1. The van der Waals surface area contributed by atoms with Crippen molar-refractivity contribution >= 4 is 27.8 Å². The van der Waals surface area contributed by atoms with E-state index in [4.69, 9.17) is 0 Å². The van der Waals surface area contributed by atoms with Crippen LogP contribution in [0.3, 0.4) is 0 Å². The lowest BCUT2D eigenvalue weighted by Gasteiger charge is -2.42. The second-order valence-electron chi connectivity index (χ2n) is 9.56. The van der Waals surface area contributed by atoms with Crippen molar-refractivity contribution in [3.8, 4) is 11.8 Å². The van der Waals surface area contributed by atoms with Crippen molar-refractivity contribution in [3.63, 3.8) is 0 Å². The van der Waals surface area contributed by atoms with Crippen molar-refractivity contribution in [3.05, 3.63) is 59.7 Å². The first-order valence-electron chi connectivity index (χ1n) is 10.8. The van der Waals surface area contributed by atoms with Crippen LogP contribution in [0.15, 0.2) is 42.6 Å². The van der Waals surface area contributed by atoms with Gasteiger partial charge in [-0.15, -0.1) is 0 Å². The maximum Gasteiger partial charge on any atom is 0.335 e. The Morgan fingerprint density at radius 3 is 2.67 bits per heavy atom. The summed E-state index contributed by atoms with van der Waals surface area (Å²) in [5.74, 6) is -1.78. The lowest BCUT2D eigenvalue weighted by molar-refractivity contribution is -0.169. The molecule has 1 saturated carbocycles. The summed E-state index contributed by atoms with van der Waals surface area (Å²) in [5, 5.41) is 38.4. The summed E-state index contributed by atoms with van der Waals surface area (Å²) < 4.78 is 15.8. The van der Waals surface area contributed by atoms with Crippen molar-refractivity contribution in [1.29, 1.82) is 5.26 Å². The quantitative estimate of drug-likeness (QED) is 0.417. The predicted molar refractivity (Wildman–Crippen MR) is 121 cm³/mol. The van der Waals surface area contributed by atoms with Crippen molar-refractivity contribution in [1.82, 2.24) is 14.8 Å². The number of carbonyl (C=O) groups is 1. The van der Waals surface area contributed by atoms with E-state index in [1.165, 1.54) is 12.1 Å². The molecular formula is C25H23FN4O3. The first-order valence-corrected chi connectivity index (χ1v) is 10.8. The fourth-order valence-corrected chi connectivity index (χ4v) is 5.10. The molecule has 1 fully saturated rings. The number of aromatic nitrogens is 3. The summed E-state index contributed by atoms with van der Waals surface area (Å²) in [6, 6.07) is 12.4. The minimum Gasteiger partial charge on any atom is -0.479 e. The van der Waals surface area contributed by atoms with E-state index in [1.54, 1.807) is 18.3 Å². The lowest BCUT2D eigenvalue weighted by atomic mass is 9.65. The summed E-state index contributed by atoms with van der Waals surface area (Å²) in [4.78, 5) is 11.6. The van der Waals surface area contributed by atoms with Gasteiger partial charge in [0.2, 0.25) is 0 Å². The number of carboxylic acid groups (broad SMARTS) is 1. The number of hydrogen-bond donors (Lipinski definition) is 3. The van der Waals surface area contributed by atoms with Crippen LogP contribution in [0.4, 0.5) is 4.39 Å². The zero-order chi connectivity index (χ0) is 23.5. The summed E-state index contributed by atoms with van der Waals surface area (Å²) in [6.07, 6.45) is 2.12. The lowest BCUT2D eigenvalue weighted by Crippen LogP contribution is -2.49. The number of fused-ring (bicyclic) bond motifs is 2. The predicted octanol–water partition coefficient (Wildman–Crippen LogP) is 4.53. The minimum absolute atomic E-state index is 0.0848. The maximum absolute atomic E-state index is 13.7. The smallest absolute Gasteiger partial charge is 0.335 e. The molecule has 0 atom stereocenters. The Balaban J connectivity index is 1.86. The van der Waals surface area contributed by atoms with E-state index in [-0.39, 0.29) is 31.0 Å². The highest BCUT2D eigenvalue weighted by molar-refractivity contribution is 5.99. The highest BCUT2D eigenvalue weighted by Gasteiger charge is 2.51. The normalized spacial score (nSPS) is 20.6. The van der Waals surface area contributed by atoms with Crippen LogP contribution >= 0.6 is 0 Å². The van der Waals surface area contributed by atoms with Crippen LogP contribution in [-0.2, 0) is 10.2 Å². The van der Waals surface area contributed by atoms with Crippen LogP contribution in [-0.4, -0.2) is 36.5 Å². The highest BCUT2D eigenvalue weighted by atomic mass is 19.1.